The van der Waals surface area contributed by atoms with Gasteiger partial charge in [0.05, 0.1) is 6.04 Å². The van der Waals surface area contributed by atoms with E-state index in [4.69, 9.17) is 0 Å². The smallest absolute Gasteiger partial charge is 0.123 e. The van der Waals surface area contributed by atoms with Gasteiger partial charge in [0.2, 0.25) is 0 Å². The third-order valence-electron chi connectivity index (χ3n) is 4.11. The first-order valence-electron chi connectivity index (χ1n) is 7.43. The van der Waals surface area contributed by atoms with Crippen LogP contribution in [0.25, 0.3) is 0 Å². The van der Waals surface area contributed by atoms with E-state index in [1.165, 1.54) is 25.7 Å². The Morgan fingerprint density at radius 1 is 1.33 bits per heavy atom. The Morgan fingerprint density at radius 2 is 2.06 bits per heavy atom. The van der Waals surface area contributed by atoms with Crippen LogP contribution >= 0.6 is 0 Å². The molecule has 1 fully saturated rings. The van der Waals surface area contributed by atoms with Crippen LogP contribution < -0.4 is 5.32 Å². The van der Waals surface area contributed by atoms with Crippen LogP contribution in [0.5, 0.6) is 0 Å². The van der Waals surface area contributed by atoms with Gasteiger partial charge in [-0.2, -0.15) is 0 Å². The first-order valence-corrected chi connectivity index (χ1v) is 7.43. The number of H-pyrrole nitrogens is 1. The highest BCUT2D eigenvalue weighted by Gasteiger charge is 2.31. The zero-order valence-electron chi connectivity index (χ0n) is 11.9. The van der Waals surface area contributed by atoms with Crippen LogP contribution in [0.3, 0.4) is 0 Å². The van der Waals surface area contributed by atoms with E-state index in [1.807, 2.05) is 12.4 Å². The first-order chi connectivity index (χ1) is 8.70. The van der Waals surface area contributed by atoms with Crippen molar-refractivity contribution in [3.63, 3.8) is 0 Å². The number of hydrogen-bond donors (Lipinski definition) is 2. The monoisotopic (exact) mass is 249 g/mol. The highest BCUT2D eigenvalue weighted by molar-refractivity contribution is 5.00. The molecule has 1 aliphatic rings. The molecule has 1 heterocycles. The number of hydrogen-bond acceptors (Lipinski definition) is 2. The predicted octanol–water partition coefficient (Wildman–Crippen LogP) is 3.52. The fourth-order valence-corrected chi connectivity index (χ4v) is 3.52. The van der Waals surface area contributed by atoms with Gasteiger partial charge in [-0.15, -0.1) is 0 Å². The van der Waals surface area contributed by atoms with Crippen molar-refractivity contribution in [2.24, 2.45) is 17.8 Å². The largest absolute Gasteiger partial charge is 0.347 e. The van der Waals surface area contributed by atoms with Gasteiger partial charge < -0.3 is 10.3 Å². The molecule has 3 heteroatoms. The van der Waals surface area contributed by atoms with Crippen molar-refractivity contribution in [3.05, 3.63) is 18.2 Å². The lowest BCUT2D eigenvalue weighted by Crippen LogP contribution is -2.34. The van der Waals surface area contributed by atoms with Crippen molar-refractivity contribution in [2.45, 2.75) is 52.5 Å². The second-order valence-electron chi connectivity index (χ2n) is 6.08. The quantitative estimate of drug-likeness (QED) is 0.838. The molecule has 1 aliphatic carbocycles. The molecule has 102 valence electrons. The average Bonchev–Trinajstić information content (AvgIpc) is 2.82. The summed E-state index contributed by atoms with van der Waals surface area (Å²) >= 11 is 0. The van der Waals surface area contributed by atoms with E-state index in [2.05, 4.69) is 36.1 Å². The van der Waals surface area contributed by atoms with E-state index in [0.29, 0.717) is 6.04 Å². The van der Waals surface area contributed by atoms with Gasteiger partial charge >= 0.3 is 0 Å². The minimum atomic E-state index is 0.408. The Labute approximate surface area is 111 Å². The molecule has 0 aliphatic heterocycles. The third-order valence-corrected chi connectivity index (χ3v) is 4.11. The van der Waals surface area contributed by atoms with E-state index in [0.717, 1.165) is 30.1 Å². The molecule has 0 amide bonds. The fourth-order valence-electron chi connectivity index (χ4n) is 3.52. The highest BCUT2D eigenvalue weighted by Crippen LogP contribution is 2.38. The summed E-state index contributed by atoms with van der Waals surface area (Å²) in [6, 6.07) is 0.408. The van der Waals surface area contributed by atoms with E-state index in [-0.39, 0.29) is 0 Å². The van der Waals surface area contributed by atoms with Gasteiger partial charge in [0.15, 0.2) is 0 Å². The summed E-state index contributed by atoms with van der Waals surface area (Å²) in [5, 5.41) is 3.69. The van der Waals surface area contributed by atoms with Gasteiger partial charge in [-0.3, -0.25) is 0 Å². The fraction of sp³-hybridized carbons (Fsp3) is 0.800. The maximum absolute atomic E-state index is 4.48. The number of nitrogens with zero attached hydrogens (tertiary/aromatic N) is 1. The molecule has 0 spiro atoms. The minimum absolute atomic E-state index is 0.408. The highest BCUT2D eigenvalue weighted by atomic mass is 15.0. The molecule has 1 aromatic rings. The van der Waals surface area contributed by atoms with Gasteiger partial charge in [0.1, 0.15) is 5.82 Å². The molecule has 0 radical (unpaired) electrons. The number of imidazole rings is 1. The molecule has 0 aromatic carbocycles. The van der Waals surface area contributed by atoms with E-state index < -0.39 is 0 Å². The molecule has 3 nitrogen and oxygen atoms in total. The molecular formula is C15H27N3. The Kier molecular flexibility index (Phi) is 4.81. The molecular weight excluding hydrogens is 222 g/mol. The summed E-state index contributed by atoms with van der Waals surface area (Å²) in [4.78, 5) is 7.78. The van der Waals surface area contributed by atoms with Crippen LogP contribution in [0.2, 0.25) is 0 Å². The second-order valence-corrected chi connectivity index (χ2v) is 6.08. The number of aromatic nitrogens is 2. The summed E-state index contributed by atoms with van der Waals surface area (Å²) in [6.45, 7) is 8.08. The van der Waals surface area contributed by atoms with Gasteiger partial charge in [0, 0.05) is 12.4 Å². The average molecular weight is 249 g/mol. The zero-order chi connectivity index (χ0) is 13.0. The first kappa shape index (κ1) is 13.6. The standard InChI is InChI=1S/C15H27N3/c1-4-5-16-14(15-17-6-7-18-15)13-9-11(2)8-12(3)10-13/h6-7,11-14,16H,4-5,8-10H2,1-3H3,(H,17,18). The van der Waals surface area contributed by atoms with Crippen molar-refractivity contribution in [1.29, 1.82) is 0 Å². The molecule has 3 atom stereocenters. The summed E-state index contributed by atoms with van der Waals surface area (Å²) < 4.78 is 0. The maximum Gasteiger partial charge on any atom is 0.123 e. The van der Waals surface area contributed by atoms with Crippen molar-refractivity contribution >= 4 is 0 Å². The summed E-state index contributed by atoms with van der Waals surface area (Å²) in [5.41, 5.74) is 0. The normalized spacial score (nSPS) is 30.3. The van der Waals surface area contributed by atoms with E-state index >= 15 is 0 Å². The maximum atomic E-state index is 4.48. The summed E-state index contributed by atoms with van der Waals surface area (Å²) in [7, 11) is 0. The predicted molar refractivity (Wildman–Crippen MR) is 75.3 cm³/mol. The van der Waals surface area contributed by atoms with Gasteiger partial charge in [-0.25, -0.2) is 4.98 Å². The van der Waals surface area contributed by atoms with E-state index in [9.17, 15) is 0 Å². The number of nitrogens with one attached hydrogen (secondary N) is 2. The zero-order valence-corrected chi connectivity index (χ0v) is 11.9. The lowest BCUT2D eigenvalue weighted by Gasteiger charge is -2.36. The van der Waals surface area contributed by atoms with Crippen LogP contribution in [0, 0.1) is 17.8 Å². The molecule has 2 N–H and O–H groups in total. The Bertz CT molecular complexity index is 324. The molecule has 1 saturated carbocycles. The molecule has 0 saturated heterocycles. The lowest BCUT2D eigenvalue weighted by molar-refractivity contribution is 0.173. The van der Waals surface area contributed by atoms with Crippen LogP contribution in [0.4, 0.5) is 0 Å². The van der Waals surface area contributed by atoms with Gasteiger partial charge in [0.25, 0.3) is 0 Å². The molecule has 3 unspecified atom stereocenters. The third kappa shape index (κ3) is 3.35. The van der Waals surface area contributed by atoms with Crippen LogP contribution in [-0.4, -0.2) is 16.5 Å². The van der Waals surface area contributed by atoms with Gasteiger partial charge in [-0.05, 0) is 50.0 Å². The summed E-state index contributed by atoms with van der Waals surface area (Å²) in [5.74, 6) is 3.54. The number of rotatable bonds is 5. The van der Waals surface area contributed by atoms with Crippen LogP contribution in [0.1, 0.15) is 58.3 Å². The van der Waals surface area contributed by atoms with Crippen molar-refractivity contribution in [2.75, 3.05) is 6.54 Å². The Hall–Kier alpha value is -0.830. The van der Waals surface area contributed by atoms with E-state index in [1.54, 1.807) is 0 Å². The minimum Gasteiger partial charge on any atom is -0.347 e. The van der Waals surface area contributed by atoms with Crippen LogP contribution in [-0.2, 0) is 0 Å². The molecule has 18 heavy (non-hydrogen) atoms. The second kappa shape index (κ2) is 6.37. The summed E-state index contributed by atoms with van der Waals surface area (Å²) in [6.07, 6.45) is 9.01. The molecule has 0 bridgehead atoms. The molecule has 2 rings (SSSR count). The SMILES string of the molecule is CCCNC(c1ncc[nH]1)C1CC(C)CC(C)C1. The van der Waals surface area contributed by atoms with Crippen molar-refractivity contribution < 1.29 is 0 Å². The topological polar surface area (TPSA) is 40.7 Å². The van der Waals surface area contributed by atoms with Gasteiger partial charge in [-0.1, -0.05) is 20.8 Å². The van der Waals surface area contributed by atoms with Crippen LogP contribution in [0.15, 0.2) is 12.4 Å². The number of aromatic amines is 1. The molecule has 1 aromatic heterocycles. The Morgan fingerprint density at radius 3 is 2.61 bits per heavy atom. The van der Waals surface area contributed by atoms with Crippen molar-refractivity contribution in [3.8, 4) is 0 Å². The lowest BCUT2D eigenvalue weighted by atomic mass is 9.73. The Balaban J connectivity index is 2.07. The van der Waals surface area contributed by atoms with Crippen molar-refractivity contribution in [1.82, 2.24) is 15.3 Å².